The van der Waals surface area contributed by atoms with Crippen molar-refractivity contribution in [2.24, 2.45) is 0 Å². The van der Waals surface area contributed by atoms with E-state index in [1.54, 1.807) is 0 Å². The molecule has 0 unspecified atom stereocenters. The Bertz CT molecular complexity index is 1290. The van der Waals surface area contributed by atoms with Gasteiger partial charge in [-0.25, -0.2) is 18.0 Å². The molecule has 0 bridgehead atoms. The Labute approximate surface area is 265 Å². The molecule has 1 aliphatic rings. The summed E-state index contributed by atoms with van der Waals surface area (Å²) in [6.45, 7) is 1.59. The molecule has 1 aliphatic heterocycles. The van der Waals surface area contributed by atoms with Gasteiger partial charge in [0.25, 0.3) is 5.56 Å². The number of nitrogen functional groups attached to an aromatic ring is 1. The number of H-pyrrole nitrogens is 1. The van der Waals surface area contributed by atoms with Crippen LogP contribution in [0.2, 0.25) is 0 Å². The zero-order valence-electron chi connectivity index (χ0n) is 23.7. The van der Waals surface area contributed by atoms with E-state index in [9.17, 15) is 32.5 Å². The SMILES string of the molecule is CCCCCCCCCCCCOS(=O)(=O)[O-].Nc1nc2c(ncn2[C@@H]2O[C@H](COP(=O)(O)O)[C@@H](O)[C@H]2O)c(=O)[nH]1.[Na+]. The first-order chi connectivity index (χ1) is 19.2. The quantitative estimate of drug-likeness (QED) is 0.0370. The van der Waals surface area contributed by atoms with Crippen LogP contribution in [0, 0.1) is 0 Å². The van der Waals surface area contributed by atoms with Gasteiger partial charge in [0.15, 0.2) is 17.4 Å². The predicted molar refractivity (Wildman–Crippen MR) is 144 cm³/mol. The van der Waals surface area contributed by atoms with E-state index in [4.69, 9.17) is 20.3 Å². The Morgan fingerprint density at radius 2 is 1.67 bits per heavy atom. The van der Waals surface area contributed by atoms with Crippen LogP contribution < -0.4 is 40.9 Å². The molecule has 0 saturated carbocycles. The van der Waals surface area contributed by atoms with Gasteiger partial charge in [0.05, 0.1) is 19.5 Å². The Hall–Kier alpha value is -0.990. The Morgan fingerprint density at radius 1 is 1.10 bits per heavy atom. The number of nitrogens with one attached hydrogen (secondary N) is 1. The van der Waals surface area contributed by atoms with Crippen LogP contribution >= 0.6 is 7.82 Å². The second kappa shape index (κ2) is 18.7. The molecule has 1 saturated heterocycles. The average molecular weight is 652 g/mol. The molecular weight excluding hydrogens is 612 g/mol. The van der Waals surface area contributed by atoms with Crippen LogP contribution in [0.1, 0.15) is 77.4 Å². The smallest absolute Gasteiger partial charge is 0.726 e. The number of fused-ring (bicyclic) bond motifs is 1. The fraction of sp³-hybridized carbons (Fsp3) is 0.773. The minimum atomic E-state index is -4.76. The van der Waals surface area contributed by atoms with Gasteiger partial charge in [-0.3, -0.25) is 23.1 Å². The maximum atomic E-state index is 11.7. The number of hydrogen-bond donors (Lipinski definition) is 6. The number of nitrogens with two attached hydrogens (primary N) is 1. The summed E-state index contributed by atoms with van der Waals surface area (Å²) in [6, 6.07) is 0. The molecule has 17 nitrogen and oxygen atoms in total. The number of nitrogens with zero attached hydrogens (tertiary/aromatic N) is 3. The molecule has 0 aliphatic carbocycles. The first-order valence-corrected chi connectivity index (χ1v) is 16.1. The summed E-state index contributed by atoms with van der Waals surface area (Å²) in [5.74, 6) is -0.177. The zero-order chi connectivity index (χ0) is 30.6. The van der Waals surface area contributed by atoms with Gasteiger partial charge in [-0.1, -0.05) is 64.7 Å². The number of aliphatic hydroxyl groups excluding tert-OH is 2. The molecule has 20 heteroatoms. The molecule has 7 N–H and O–H groups in total. The number of anilines is 1. The maximum Gasteiger partial charge on any atom is 1.00 e. The molecule has 2 aromatic heterocycles. The minimum absolute atomic E-state index is 0. The van der Waals surface area contributed by atoms with Gasteiger partial charge in [0.2, 0.25) is 16.3 Å². The van der Waals surface area contributed by atoms with Gasteiger partial charge < -0.3 is 35.0 Å². The molecular formula is C22H39N5NaO12PS. The van der Waals surface area contributed by atoms with Crippen LogP contribution in [0.3, 0.4) is 0 Å². The average Bonchev–Trinajstić information content (AvgIpc) is 3.41. The molecule has 0 aromatic carbocycles. The van der Waals surface area contributed by atoms with Gasteiger partial charge in [0.1, 0.15) is 18.3 Å². The van der Waals surface area contributed by atoms with Gasteiger partial charge >= 0.3 is 37.4 Å². The minimum Gasteiger partial charge on any atom is -0.726 e. The number of hydrogen-bond acceptors (Lipinski definition) is 13. The number of ether oxygens (including phenoxy) is 1. The molecule has 2 aromatic rings. The summed E-state index contributed by atoms with van der Waals surface area (Å²) in [5.41, 5.74) is 4.84. The molecule has 4 atom stereocenters. The zero-order valence-corrected chi connectivity index (χ0v) is 27.4. The number of unbranched alkanes of at least 4 members (excludes halogenated alkanes) is 9. The van der Waals surface area contributed by atoms with Crippen LogP contribution in [0.4, 0.5) is 5.95 Å². The van der Waals surface area contributed by atoms with Crippen molar-refractivity contribution in [3.8, 4) is 0 Å². The number of aromatic nitrogens is 4. The van der Waals surface area contributed by atoms with Gasteiger partial charge in [-0.15, -0.1) is 0 Å². The van der Waals surface area contributed by atoms with Crippen molar-refractivity contribution in [3.05, 3.63) is 16.7 Å². The molecule has 1 fully saturated rings. The van der Waals surface area contributed by atoms with Crippen LogP contribution in [0.15, 0.2) is 11.1 Å². The monoisotopic (exact) mass is 651 g/mol. The van der Waals surface area contributed by atoms with E-state index in [2.05, 4.69) is 30.6 Å². The maximum absolute atomic E-state index is 11.7. The standard InChI is InChI=1S/C12H26O4S.C10H14N5O8P.Na/c1-2-3-4-5-6-7-8-9-10-11-12-16-17(13,14)15;11-10-13-7-4(8(18)14-10)12-2-15(7)9-6(17)5(16)3(23-9)1-22-24(19,20)21;/h2-12H2,1H3,(H,13,14,15);2-3,5-6,9,16-17H,1H2,(H2,19,20,21)(H3,11,13,14,18);/q;;+1/p-1/t;3-,5-,6-,9-;/m.1./s1. The number of aliphatic hydroxyl groups is 2. The first-order valence-electron chi connectivity index (χ1n) is 13.3. The fourth-order valence-corrected chi connectivity index (χ4v) is 4.81. The molecule has 42 heavy (non-hydrogen) atoms. The molecule has 0 amide bonds. The molecule has 3 heterocycles. The van der Waals surface area contributed by atoms with E-state index >= 15 is 0 Å². The third kappa shape index (κ3) is 13.8. The molecule has 0 spiro atoms. The summed E-state index contributed by atoms with van der Waals surface area (Å²) < 4.78 is 56.0. The Balaban J connectivity index is 0.000000438. The van der Waals surface area contributed by atoms with Crippen molar-refractivity contribution >= 4 is 35.3 Å². The number of imidazole rings is 1. The number of aromatic amines is 1. The number of rotatable bonds is 16. The summed E-state index contributed by atoms with van der Waals surface area (Å²) in [5, 5.41) is 20.1. The van der Waals surface area contributed by atoms with E-state index in [0.29, 0.717) is 6.42 Å². The normalized spacial score (nSPS) is 20.7. The third-order valence-electron chi connectivity index (χ3n) is 6.19. The van der Waals surface area contributed by atoms with E-state index in [1.165, 1.54) is 55.8 Å². The van der Waals surface area contributed by atoms with Crippen molar-refractivity contribution in [1.29, 1.82) is 0 Å². The Kier molecular flexibility index (Phi) is 17.4. The van der Waals surface area contributed by atoms with E-state index < -0.39 is 54.9 Å². The van der Waals surface area contributed by atoms with Gasteiger partial charge in [-0.2, -0.15) is 4.98 Å². The summed E-state index contributed by atoms with van der Waals surface area (Å²) in [6.07, 6.45) is 7.48. The van der Waals surface area contributed by atoms with Gasteiger partial charge in [0, 0.05) is 0 Å². The van der Waals surface area contributed by atoms with Crippen molar-refractivity contribution < 1.29 is 80.5 Å². The summed E-state index contributed by atoms with van der Waals surface area (Å²) >= 11 is 0. The second-order valence-corrected chi connectivity index (χ2v) is 11.8. The largest absolute Gasteiger partial charge is 1.00 e. The van der Waals surface area contributed by atoms with Crippen LogP contribution in [-0.4, -0.2) is 84.0 Å². The summed E-state index contributed by atoms with van der Waals surface area (Å²) in [7, 11) is -9.25. The molecule has 0 radical (unpaired) electrons. The third-order valence-corrected chi connectivity index (χ3v) is 7.14. The Morgan fingerprint density at radius 3 is 2.21 bits per heavy atom. The van der Waals surface area contributed by atoms with Crippen LogP contribution in [0.25, 0.3) is 11.2 Å². The van der Waals surface area contributed by atoms with E-state index in [1.807, 2.05) is 0 Å². The molecule has 236 valence electrons. The molecule has 3 rings (SSSR count). The van der Waals surface area contributed by atoms with Crippen molar-refractivity contribution in [3.63, 3.8) is 0 Å². The van der Waals surface area contributed by atoms with E-state index in [-0.39, 0.29) is 53.3 Å². The van der Waals surface area contributed by atoms with Crippen LogP contribution in [0.5, 0.6) is 0 Å². The van der Waals surface area contributed by atoms with Crippen molar-refractivity contribution in [1.82, 2.24) is 19.5 Å². The fourth-order valence-electron chi connectivity index (χ4n) is 4.15. The second-order valence-electron chi connectivity index (χ2n) is 9.52. The number of phosphoric acid groups is 1. The summed E-state index contributed by atoms with van der Waals surface area (Å²) in [4.78, 5) is 39.1. The van der Waals surface area contributed by atoms with Crippen LogP contribution in [-0.2, 0) is 28.4 Å². The van der Waals surface area contributed by atoms with Crippen molar-refractivity contribution in [2.75, 3.05) is 18.9 Å². The van der Waals surface area contributed by atoms with Crippen molar-refractivity contribution in [2.45, 2.75) is 95.7 Å². The number of phosphoric ester groups is 1. The van der Waals surface area contributed by atoms with E-state index in [0.717, 1.165) is 12.8 Å². The first kappa shape index (κ1) is 39.0. The predicted octanol–water partition coefficient (Wildman–Crippen LogP) is -2.18. The topological polar surface area (TPSA) is 272 Å². The van der Waals surface area contributed by atoms with Gasteiger partial charge in [-0.05, 0) is 6.42 Å².